The van der Waals surface area contributed by atoms with E-state index in [2.05, 4.69) is 4.74 Å². The Labute approximate surface area is 71.5 Å². The van der Waals surface area contributed by atoms with Crippen molar-refractivity contribution in [2.24, 2.45) is 0 Å². The molecule has 0 unspecified atom stereocenters. The summed E-state index contributed by atoms with van der Waals surface area (Å²) in [6, 6.07) is 0. The van der Waals surface area contributed by atoms with Gasteiger partial charge in [-0.1, -0.05) is 13.3 Å². The van der Waals surface area contributed by atoms with Gasteiger partial charge in [0.05, 0.1) is 0 Å². The summed E-state index contributed by atoms with van der Waals surface area (Å²) in [4.78, 5) is 10.7. The first kappa shape index (κ1) is 11.4. The number of unbranched alkanes of at least 4 members (excludes halogenated alkanes) is 1. The van der Waals surface area contributed by atoms with Crippen LogP contribution in [-0.2, 0) is 19.6 Å². The van der Waals surface area contributed by atoms with Crippen LogP contribution >= 0.6 is 0 Å². The van der Waals surface area contributed by atoms with Crippen LogP contribution in [0.5, 0.6) is 0 Å². The second kappa shape index (κ2) is 5.10. The third kappa shape index (κ3) is 7.49. The molecule has 6 heteroatoms. The highest BCUT2D eigenvalue weighted by atomic mass is 32.2. The Morgan fingerprint density at radius 3 is 2.50 bits per heavy atom. The Bertz CT molecular complexity index is 230. The molecule has 0 aliphatic carbocycles. The number of carbonyl (C=O) groups is 1. The molecule has 0 aromatic heterocycles. The SMILES string of the molecule is CCCCC(=O)OCS(=O)(=O)O. The van der Waals surface area contributed by atoms with Gasteiger partial charge in [0.2, 0.25) is 5.94 Å². The average Bonchev–Trinajstić information content (AvgIpc) is 1.95. The van der Waals surface area contributed by atoms with Gasteiger partial charge in [0.15, 0.2) is 0 Å². The van der Waals surface area contributed by atoms with E-state index in [1.54, 1.807) is 0 Å². The third-order valence-electron chi connectivity index (χ3n) is 1.10. The van der Waals surface area contributed by atoms with Crippen LogP contribution in [0, 0.1) is 0 Å². The minimum atomic E-state index is -4.19. The molecule has 12 heavy (non-hydrogen) atoms. The molecule has 0 aliphatic heterocycles. The Morgan fingerprint density at radius 2 is 2.08 bits per heavy atom. The summed E-state index contributed by atoms with van der Waals surface area (Å²) in [6.45, 7) is 1.90. The highest BCUT2D eigenvalue weighted by Gasteiger charge is 2.08. The van der Waals surface area contributed by atoms with Crippen molar-refractivity contribution in [3.05, 3.63) is 0 Å². The molecule has 0 atom stereocenters. The molecule has 0 saturated carbocycles. The van der Waals surface area contributed by atoms with E-state index < -0.39 is 22.0 Å². The lowest BCUT2D eigenvalue weighted by molar-refractivity contribution is -0.141. The maximum atomic E-state index is 10.7. The van der Waals surface area contributed by atoms with Crippen LogP contribution in [0.1, 0.15) is 26.2 Å². The predicted molar refractivity (Wildman–Crippen MR) is 42.0 cm³/mol. The molecule has 0 aliphatic rings. The van der Waals surface area contributed by atoms with Gasteiger partial charge in [-0.15, -0.1) is 0 Å². The minimum Gasteiger partial charge on any atom is -0.447 e. The molecule has 1 N–H and O–H groups in total. The van der Waals surface area contributed by atoms with Crippen molar-refractivity contribution < 1.29 is 22.5 Å². The molecular weight excluding hydrogens is 184 g/mol. The summed E-state index contributed by atoms with van der Waals surface area (Å²) in [6.07, 6.45) is 1.68. The van der Waals surface area contributed by atoms with E-state index in [0.717, 1.165) is 6.42 Å². The minimum absolute atomic E-state index is 0.187. The molecule has 0 rings (SSSR count). The van der Waals surface area contributed by atoms with Gasteiger partial charge in [-0.3, -0.25) is 9.35 Å². The van der Waals surface area contributed by atoms with Gasteiger partial charge in [-0.25, -0.2) is 0 Å². The summed E-state index contributed by atoms with van der Waals surface area (Å²) in [5.41, 5.74) is 0. The van der Waals surface area contributed by atoms with Crippen LogP contribution < -0.4 is 0 Å². The monoisotopic (exact) mass is 196 g/mol. The summed E-state index contributed by atoms with van der Waals surface area (Å²) in [7, 11) is -4.19. The molecule has 0 bridgehead atoms. The van der Waals surface area contributed by atoms with Crippen molar-refractivity contribution in [3.63, 3.8) is 0 Å². The van der Waals surface area contributed by atoms with Crippen molar-refractivity contribution >= 4 is 16.1 Å². The lowest BCUT2D eigenvalue weighted by Crippen LogP contribution is -2.12. The molecule has 0 saturated heterocycles. The second-order valence-corrected chi connectivity index (χ2v) is 3.72. The van der Waals surface area contributed by atoms with Crippen molar-refractivity contribution in [1.82, 2.24) is 0 Å². The molecule has 0 spiro atoms. The Hall–Kier alpha value is -0.620. The smallest absolute Gasteiger partial charge is 0.306 e. The molecule has 0 heterocycles. The summed E-state index contributed by atoms with van der Waals surface area (Å²) in [5, 5.41) is 0. The fraction of sp³-hybridized carbons (Fsp3) is 0.833. The van der Waals surface area contributed by atoms with E-state index >= 15 is 0 Å². The van der Waals surface area contributed by atoms with Gasteiger partial charge < -0.3 is 4.74 Å². The summed E-state index contributed by atoms with van der Waals surface area (Å²) in [5.74, 6) is -1.55. The Kier molecular flexibility index (Phi) is 4.84. The maximum Gasteiger partial charge on any atom is 0.306 e. The normalized spacial score (nSPS) is 11.2. The van der Waals surface area contributed by atoms with E-state index in [4.69, 9.17) is 4.55 Å². The van der Waals surface area contributed by atoms with E-state index in [0.29, 0.717) is 6.42 Å². The van der Waals surface area contributed by atoms with Gasteiger partial charge in [0.1, 0.15) is 0 Å². The first-order valence-electron chi connectivity index (χ1n) is 3.56. The molecule has 0 aromatic rings. The topological polar surface area (TPSA) is 80.7 Å². The van der Waals surface area contributed by atoms with Crippen LogP contribution in [0.3, 0.4) is 0 Å². The van der Waals surface area contributed by atoms with Crippen LogP contribution in [0.4, 0.5) is 0 Å². The Morgan fingerprint density at radius 1 is 1.50 bits per heavy atom. The maximum absolute atomic E-state index is 10.7. The summed E-state index contributed by atoms with van der Waals surface area (Å²) < 4.78 is 32.6. The first-order valence-corrected chi connectivity index (χ1v) is 5.17. The molecule has 0 fully saturated rings. The van der Waals surface area contributed by atoms with Crippen LogP contribution in [0.25, 0.3) is 0 Å². The number of esters is 1. The zero-order valence-electron chi connectivity index (χ0n) is 6.82. The predicted octanol–water partition coefficient (Wildman–Crippen LogP) is 0.565. The molecular formula is C6H12O5S. The quantitative estimate of drug-likeness (QED) is 0.513. The zero-order chi connectivity index (χ0) is 9.61. The number of hydrogen-bond acceptors (Lipinski definition) is 4. The van der Waals surface area contributed by atoms with Gasteiger partial charge >= 0.3 is 16.1 Å². The van der Waals surface area contributed by atoms with Crippen molar-refractivity contribution in [1.29, 1.82) is 0 Å². The highest BCUT2D eigenvalue weighted by molar-refractivity contribution is 7.85. The number of hydrogen-bond donors (Lipinski definition) is 1. The van der Waals surface area contributed by atoms with E-state index in [9.17, 15) is 13.2 Å². The molecule has 0 radical (unpaired) electrons. The fourth-order valence-corrected chi connectivity index (χ4v) is 0.814. The standard InChI is InChI=1S/C6H12O5S/c1-2-3-4-6(7)11-5-12(8,9)10/h2-5H2,1H3,(H,8,9,10). The Balaban J connectivity index is 3.58. The molecule has 0 amide bonds. The van der Waals surface area contributed by atoms with Crippen LogP contribution in [-0.4, -0.2) is 24.9 Å². The highest BCUT2D eigenvalue weighted by Crippen LogP contribution is 1.97. The number of rotatable bonds is 5. The lowest BCUT2D eigenvalue weighted by atomic mass is 10.3. The number of ether oxygens (including phenoxy) is 1. The van der Waals surface area contributed by atoms with Gasteiger partial charge in [0, 0.05) is 6.42 Å². The fourth-order valence-electron chi connectivity index (χ4n) is 0.533. The molecule has 0 aromatic carbocycles. The lowest BCUT2D eigenvalue weighted by Gasteiger charge is -2.00. The average molecular weight is 196 g/mol. The molecule has 72 valence electrons. The van der Waals surface area contributed by atoms with Gasteiger partial charge in [-0.05, 0) is 6.42 Å². The van der Waals surface area contributed by atoms with Crippen molar-refractivity contribution in [2.45, 2.75) is 26.2 Å². The zero-order valence-corrected chi connectivity index (χ0v) is 7.63. The molecule has 5 nitrogen and oxygen atoms in total. The van der Waals surface area contributed by atoms with Crippen LogP contribution in [0.15, 0.2) is 0 Å². The van der Waals surface area contributed by atoms with Crippen LogP contribution in [0.2, 0.25) is 0 Å². The second-order valence-electron chi connectivity index (χ2n) is 2.32. The van der Waals surface area contributed by atoms with Gasteiger partial charge in [-0.2, -0.15) is 8.42 Å². The summed E-state index contributed by atoms with van der Waals surface area (Å²) >= 11 is 0. The largest absolute Gasteiger partial charge is 0.447 e. The third-order valence-corrected chi connectivity index (χ3v) is 1.52. The number of carbonyl (C=O) groups excluding carboxylic acids is 1. The van der Waals surface area contributed by atoms with E-state index in [-0.39, 0.29) is 6.42 Å². The van der Waals surface area contributed by atoms with Crippen molar-refractivity contribution in [2.75, 3.05) is 5.94 Å². The van der Waals surface area contributed by atoms with E-state index in [1.807, 2.05) is 6.92 Å². The first-order chi connectivity index (χ1) is 5.45. The van der Waals surface area contributed by atoms with Gasteiger partial charge in [0.25, 0.3) is 0 Å². The van der Waals surface area contributed by atoms with Crippen molar-refractivity contribution in [3.8, 4) is 0 Å². The van der Waals surface area contributed by atoms with E-state index in [1.165, 1.54) is 0 Å².